The average molecular weight is 268 g/mol. The van der Waals surface area contributed by atoms with Crippen LogP contribution in [-0.2, 0) is 11.3 Å². The van der Waals surface area contributed by atoms with Crippen molar-refractivity contribution in [3.05, 3.63) is 28.0 Å². The van der Waals surface area contributed by atoms with Gasteiger partial charge in [0.05, 0.1) is 12.6 Å². The fourth-order valence-corrected chi connectivity index (χ4v) is 2.39. The summed E-state index contributed by atoms with van der Waals surface area (Å²) >= 11 is 0. The molecule has 1 unspecified atom stereocenters. The Balaban J connectivity index is 1.81. The lowest BCUT2D eigenvalue weighted by Crippen LogP contribution is -2.20. The van der Waals surface area contributed by atoms with E-state index in [2.05, 4.69) is 4.90 Å². The molecule has 1 N–H and O–H groups in total. The van der Waals surface area contributed by atoms with Crippen molar-refractivity contribution in [3.63, 3.8) is 0 Å². The van der Waals surface area contributed by atoms with E-state index in [1.807, 2.05) is 0 Å². The zero-order valence-corrected chi connectivity index (χ0v) is 10.4. The van der Waals surface area contributed by atoms with Crippen molar-refractivity contribution in [2.24, 2.45) is 5.92 Å². The first-order chi connectivity index (χ1) is 9.04. The van der Waals surface area contributed by atoms with Crippen LogP contribution in [0.3, 0.4) is 0 Å². The minimum Gasteiger partial charge on any atom is -0.481 e. The van der Waals surface area contributed by atoms with Gasteiger partial charge in [0, 0.05) is 13.0 Å². The molecular formula is C12H16N2O5. The maximum Gasteiger partial charge on any atom is 0.433 e. The van der Waals surface area contributed by atoms with Crippen molar-refractivity contribution in [2.75, 3.05) is 13.1 Å². The van der Waals surface area contributed by atoms with Gasteiger partial charge in [0.1, 0.15) is 10.7 Å². The van der Waals surface area contributed by atoms with Crippen LogP contribution in [0.1, 0.15) is 25.0 Å². The first kappa shape index (κ1) is 13.5. The van der Waals surface area contributed by atoms with Gasteiger partial charge in [0.25, 0.3) is 0 Å². The van der Waals surface area contributed by atoms with Crippen molar-refractivity contribution in [3.8, 4) is 0 Å². The van der Waals surface area contributed by atoms with E-state index in [1.165, 1.54) is 6.07 Å². The number of carboxylic acids is 1. The molecule has 1 aliphatic heterocycles. The summed E-state index contributed by atoms with van der Waals surface area (Å²) in [6.45, 7) is 2.23. The lowest BCUT2D eigenvalue weighted by atomic mass is 10.0. The molecule has 1 aliphatic rings. The van der Waals surface area contributed by atoms with Crippen LogP contribution in [0.4, 0.5) is 5.88 Å². The molecule has 104 valence electrons. The first-order valence-corrected chi connectivity index (χ1v) is 6.22. The summed E-state index contributed by atoms with van der Waals surface area (Å²) in [4.78, 5) is 22.6. The third kappa shape index (κ3) is 3.78. The van der Waals surface area contributed by atoms with Gasteiger partial charge in [-0.2, -0.15) is 0 Å². The molecule has 0 bridgehead atoms. The normalized spacial score (nSPS) is 19.7. The fraction of sp³-hybridized carbons (Fsp3) is 0.583. The Morgan fingerprint density at radius 1 is 1.58 bits per heavy atom. The Bertz CT molecular complexity index is 470. The molecule has 2 rings (SSSR count). The number of hydrogen-bond acceptors (Lipinski definition) is 5. The molecule has 0 amide bonds. The van der Waals surface area contributed by atoms with Gasteiger partial charge in [-0.15, -0.1) is 0 Å². The van der Waals surface area contributed by atoms with Gasteiger partial charge in [0.15, 0.2) is 0 Å². The van der Waals surface area contributed by atoms with Gasteiger partial charge in [-0.25, -0.2) is 0 Å². The van der Waals surface area contributed by atoms with E-state index in [-0.39, 0.29) is 12.3 Å². The number of aliphatic carboxylic acids is 1. The zero-order valence-electron chi connectivity index (χ0n) is 10.4. The number of nitrogens with zero attached hydrogens (tertiary/aromatic N) is 2. The highest BCUT2D eigenvalue weighted by molar-refractivity contribution is 5.66. The second kappa shape index (κ2) is 5.83. The number of hydrogen-bond donors (Lipinski definition) is 1. The van der Waals surface area contributed by atoms with E-state index in [0.29, 0.717) is 24.6 Å². The predicted molar refractivity (Wildman–Crippen MR) is 65.6 cm³/mol. The third-order valence-corrected chi connectivity index (χ3v) is 3.34. The molecule has 19 heavy (non-hydrogen) atoms. The quantitative estimate of drug-likeness (QED) is 0.625. The SMILES string of the molecule is O=C(O)CCC1CCN(Cc2ccc([N+](=O)[O-])o2)C1. The maximum absolute atomic E-state index is 10.5. The molecule has 1 atom stereocenters. The highest BCUT2D eigenvalue weighted by atomic mass is 16.6. The molecule has 0 spiro atoms. The molecule has 0 saturated carbocycles. The first-order valence-electron chi connectivity index (χ1n) is 6.22. The Kier molecular flexibility index (Phi) is 4.16. The molecule has 1 aromatic heterocycles. The summed E-state index contributed by atoms with van der Waals surface area (Å²) < 4.78 is 5.11. The summed E-state index contributed by atoms with van der Waals surface area (Å²) in [7, 11) is 0. The van der Waals surface area contributed by atoms with Crippen LogP contribution in [0, 0.1) is 16.0 Å². The number of furan rings is 1. The van der Waals surface area contributed by atoms with Crippen LogP contribution in [0.15, 0.2) is 16.5 Å². The standard InChI is InChI=1S/C12H16N2O5/c15-12(16)4-1-9-5-6-13(7-9)8-10-2-3-11(19-10)14(17)18/h2-3,9H,1,4-8H2,(H,15,16). The van der Waals surface area contributed by atoms with Crippen LogP contribution >= 0.6 is 0 Å². The Morgan fingerprint density at radius 2 is 2.37 bits per heavy atom. The summed E-state index contributed by atoms with van der Waals surface area (Å²) in [5, 5.41) is 19.1. The number of nitro groups is 1. The second-order valence-corrected chi connectivity index (χ2v) is 4.82. The van der Waals surface area contributed by atoms with E-state index in [0.717, 1.165) is 19.5 Å². The number of carboxylic acid groups (broad SMARTS) is 1. The van der Waals surface area contributed by atoms with Crippen LogP contribution in [0.5, 0.6) is 0 Å². The second-order valence-electron chi connectivity index (χ2n) is 4.82. The Hall–Kier alpha value is -1.89. The molecule has 0 aromatic carbocycles. The smallest absolute Gasteiger partial charge is 0.433 e. The van der Waals surface area contributed by atoms with Crippen molar-refractivity contribution >= 4 is 11.9 Å². The van der Waals surface area contributed by atoms with E-state index in [4.69, 9.17) is 9.52 Å². The molecule has 1 fully saturated rings. The van der Waals surface area contributed by atoms with Crippen LogP contribution in [-0.4, -0.2) is 34.0 Å². The number of likely N-dealkylation sites (tertiary alicyclic amines) is 1. The lowest BCUT2D eigenvalue weighted by molar-refractivity contribution is -0.402. The summed E-state index contributed by atoms with van der Waals surface area (Å²) in [5.41, 5.74) is 0. The monoisotopic (exact) mass is 268 g/mol. The molecule has 0 radical (unpaired) electrons. The lowest BCUT2D eigenvalue weighted by Gasteiger charge is -2.13. The van der Waals surface area contributed by atoms with Gasteiger partial charge in [-0.3, -0.25) is 19.8 Å². The maximum atomic E-state index is 10.5. The van der Waals surface area contributed by atoms with Gasteiger partial charge in [-0.1, -0.05) is 0 Å². The number of rotatable bonds is 6. The van der Waals surface area contributed by atoms with Gasteiger partial charge < -0.3 is 9.52 Å². The summed E-state index contributed by atoms with van der Waals surface area (Å²) in [6.07, 6.45) is 1.85. The minimum absolute atomic E-state index is 0.199. The number of carbonyl (C=O) groups is 1. The fourth-order valence-electron chi connectivity index (χ4n) is 2.39. The Morgan fingerprint density at radius 3 is 3.00 bits per heavy atom. The van der Waals surface area contributed by atoms with Crippen LogP contribution in [0.2, 0.25) is 0 Å². The molecule has 0 aliphatic carbocycles. The van der Waals surface area contributed by atoms with Crippen LogP contribution in [0.25, 0.3) is 0 Å². The highest BCUT2D eigenvalue weighted by Crippen LogP contribution is 2.24. The third-order valence-electron chi connectivity index (χ3n) is 3.34. The molecular weight excluding hydrogens is 252 g/mol. The molecule has 1 aromatic rings. The summed E-state index contributed by atoms with van der Waals surface area (Å²) in [5.74, 6) is -0.0385. The highest BCUT2D eigenvalue weighted by Gasteiger charge is 2.24. The van der Waals surface area contributed by atoms with Crippen molar-refractivity contribution < 1.29 is 19.2 Å². The van der Waals surface area contributed by atoms with Crippen molar-refractivity contribution in [1.82, 2.24) is 4.90 Å². The molecule has 7 heteroatoms. The summed E-state index contributed by atoms with van der Waals surface area (Å²) in [6, 6.07) is 2.97. The van der Waals surface area contributed by atoms with Gasteiger partial charge >= 0.3 is 11.9 Å². The minimum atomic E-state index is -0.764. The van der Waals surface area contributed by atoms with Gasteiger partial charge in [-0.05, 0) is 31.4 Å². The van der Waals surface area contributed by atoms with E-state index >= 15 is 0 Å². The molecule has 1 saturated heterocycles. The van der Waals surface area contributed by atoms with Crippen molar-refractivity contribution in [1.29, 1.82) is 0 Å². The van der Waals surface area contributed by atoms with Gasteiger partial charge in [0.2, 0.25) is 0 Å². The van der Waals surface area contributed by atoms with E-state index in [1.54, 1.807) is 6.07 Å². The van der Waals surface area contributed by atoms with E-state index in [9.17, 15) is 14.9 Å². The predicted octanol–water partition coefficient (Wildman–Crippen LogP) is 1.87. The molecule has 2 heterocycles. The molecule has 7 nitrogen and oxygen atoms in total. The van der Waals surface area contributed by atoms with Crippen LogP contribution < -0.4 is 0 Å². The van der Waals surface area contributed by atoms with Crippen molar-refractivity contribution in [2.45, 2.75) is 25.8 Å². The topological polar surface area (TPSA) is 96.8 Å². The average Bonchev–Trinajstić information content (AvgIpc) is 2.96. The Labute approximate surface area is 110 Å². The largest absolute Gasteiger partial charge is 0.481 e. The zero-order chi connectivity index (χ0) is 13.8. The van der Waals surface area contributed by atoms with E-state index < -0.39 is 10.9 Å².